The zero-order valence-electron chi connectivity index (χ0n) is 9.94. The summed E-state index contributed by atoms with van der Waals surface area (Å²) in [5.74, 6) is -1.18. The van der Waals surface area contributed by atoms with Crippen LogP contribution in [-0.2, 0) is 4.79 Å². The fourth-order valence-corrected chi connectivity index (χ4v) is 2.25. The molecule has 0 aliphatic carbocycles. The van der Waals surface area contributed by atoms with Gasteiger partial charge < -0.3 is 20.2 Å². The van der Waals surface area contributed by atoms with Crippen molar-refractivity contribution in [3.05, 3.63) is 24.2 Å². The van der Waals surface area contributed by atoms with E-state index in [1.807, 2.05) is 0 Å². The van der Waals surface area contributed by atoms with E-state index in [-0.39, 0.29) is 12.3 Å². The van der Waals surface area contributed by atoms with Gasteiger partial charge >= 0.3 is 5.97 Å². The van der Waals surface area contributed by atoms with Crippen LogP contribution in [0.5, 0.6) is 0 Å². The first kappa shape index (κ1) is 12.6. The van der Waals surface area contributed by atoms with Crippen LogP contribution in [0.1, 0.15) is 29.6 Å². The Morgan fingerprint density at radius 2 is 2.17 bits per heavy atom. The second-order valence-electron chi connectivity index (χ2n) is 4.57. The number of nitrogens with one attached hydrogen (secondary N) is 2. The molecule has 1 aromatic rings. The smallest absolute Gasteiger partial charge is 0.305 e. The maximum atomic E-state index is 12.0. The predicted molar refractivity (Wildman–Crippen MR) is 63.3 cm³/mol. The molecule has 3 N–H and O–H groups in total. The molecule has 2 rings (SSSR count). The molecule has 1 aliphatic heterocycles. The monoisotopic (exact) mass is 252 g/mol. The summed E-state index contributed by atoms with van der Waals surface area (Å²) in [6.07, 6.45) is 3.94. The van der Waals surface area contributed by atoms with Crippen molar-refractivity contribution in [1.82, 2.24) is 10.6 Å². The minimum absolute atomic E-state index is 0.0573. The highest BCUT2D eigenvalue weighted by atomic mass is 16.4. The molecule has 0 atom stereocenters. The van der Waals surface area contributed by atoms with Gasteiger partial charge in [0.05, 0.1) is 23.8 Å². The molecule has 6 heteroatoms. The first-order valence-corrected chi connectivity index (χ1v) is 5.89. The first-order valence-electron chi connectivity index (χ1n) is 5.89. The molecular formula is C12H16N2O4. The highest BCUT2D eigenvalue weighted by Crippen LogP contribution is 2.23. The third-order valence-corrected chi connectivity index (χ3v) is 3.21. The number of hydrogen-bond acceptors (Lipinski definition) is 4. The largest absolute Gasteiger partial charge is 0.481 e. The molecule has 98 valence electrons. The summed E-state index contributed by atoms with van der Waals surface area (Å²) in [7, 11) is 0. The van der Waals surface area contributed by atoms with Gasteiger partial charge in [0.15, 0.2) is 0 Å². The van der Waals surface area contributed by atoms with Crippen LogP contribution in [0.4, 0.5) is 0 Å². The number of furan rings is 1. The molecule has 0 unspecified atom stereocenters. The van der Waals surface area contributed by atoms with Gasteiger partial charge in [0.1, 0.15) is 6.26 Å². The average Bonchev–Trinajstić information content (AvgIpc) is 2.82. The van der Waals surface area contributed by atoms with Gasteiger partial charge in [0.25, 0.3) is 5.91 Å². The summed E-state index contributed by atoms with van der Waals surface area (Å²) in [5, 5.41) is 15.0. The summed E-state index contributed by atoms with van der Waals surface area (Å²) in [6.45, 7) is 1.41. The Bertz CT molecular complexity index is 421. The van der Waals surface area contributed by atoms with Crippen molar-refractivity contribution in [2.24, 2.45) is 0 Å². The number of amides is 1. The molecule has 1 amide bonds. The molecular weight excluding hydrogens is 236 g/mol. The zero-order valence-corrected chi connectivity index (χ0v) is 9.94. The van der Waals surface area contributed by atoms with Crippen molar-refractivity contribution < 1.29 is 19.1 Å². The van der Waals surface area contributed by atoms with Crippen molar-refractivity contribution in [1.29, 1.82) is 0 Å². The van der Waals surface area contributed by atoms with Gasteiger partial charge in [-0.05, 0) is 32.0 Å². The van der Waals surface area contributed by atoms with Gasteiger partial charge in [0, 0.05) is 0 Å². The standard InChI is InChI=1S/C12H16N2O4/c15-10(16)7-12(2-4-13-5-3-12)14-11(17)9-1-6-18-8-9/h1,6,8,13H,2-5,7H2,(H,14,17)(H,15,16). The summed E-state index contributed by atoms with van der Waals surface area (Å²) in [4.78, 5) is 22.9. The molecule has 1 aliphatic rings. The Labute approximate surface area is 104 Å². The average molecular weight is 252 g/mol. The highest BCUT2D eigenvalue weighted by Gasteiger charge is 2.36. The Morgan fingerprint density at radius 1 is 1.44 bits per heavy atom. The molecule has 1 saturated heterocycles. The van der Waals surface area contributed by atoms with Crippen LogP contribution < -0.4 is 10.6 Å². The van der Waals surface area contributed by atoms with Gasteiger partial charge in [-0.3, -0.25) is 9.59 Å². The predicted octanol–water partition coefficient (Wildman–Crippen LogP) is 0.606. The zero-order chi connectivity index (χ0) is 13.0. The van der Waals surface area contributed by atoms with Crippen LogP contribution in [-0.4, -0.2) is 35.6 Å². The minimum atomic E-state index is -0.899. The Morgan fingerprint density at radius 3 is 2.72 bits per heavy atom. The van der Waals surface area contributed by atoms with Crippen LogP contribution >= 0.6 is 0 Å². The molecule has 0 bridgehead atoms. The van der Waals surface area contributed by atoms with Gasteiger partial charge in [0.2, 0.25) is 0 Å². The van der Waals surface area contributed by atoms with Crippen molar-refractivity contribution in [2.45, 2.75) is 24.8 Å². The van der Waals surface area contributed by atoms with Crippen LogP contribution in [0, 0.1) is 0 Å². The lowest BCUT2D eigenvalue weighted by Gasteiger charge is -2.37. The van der Waals surface area contributed by atoms with Crippen LogP contribution in [0.25, 0.3) is 0 Å². The number of carbonyl (C=O) groups is 2. The number of carbonyl (C=O) groups excluding carboxylic acids is 1. The lowest BCUT2D eigenvalue weighted by atomic mass is 9.85. The van der Waals surface area contributed by atoms with Crippen LogP contribution in [0.15, 0.2) is 23.0 Å². The molecule has 18 heavy (non-hydrogen) atoms. The number of aliphatic carboxylic acids is 1. The third kappa shape index (κ3) is 2.89. The van der Waals surface area contributed by atoms with Gasteiger partial charge in [-0.25, -0.2) is 0 Å². The van der Waals surface area contributed by atoms with Crippen molar-refractivity contribution in [3.63, 3.8) is 0 Å². The van der Waals surface area contributed by atoms with Gasteiger partial charge in [-0.15, -0.1) is 0 Å². The number of rotatable bonds is 4. The van der Waals surface area contributed by atoms with E-state index < -0.39 is 11.5 Å². The first-order chi connectivity index (χ1) is 8.61. The normalized spacial score (nSPS) is 18.2. The fourth-order valence-electron chi connectivity index (χ4n) is 2.25. The van der Waals surface area contributed by atoms with E-state index in [2.05, 4.69) is 10.6 Å². The Kier molecular flexibility index (Phi) is 3.66. The molecule has 0 spiro atoms. The molecule has 0 saturated carbocycles. The summed E-state index contributed by atoms with van der Waals surface area (Å²) in [5.41, 5.74) is -0.246. The molecule has 1 fully saturated rings. The molecule has 0 radical (unpaired) electrons. The van der Waals surface area contributed by atoms with E-state index in [1.165, 1.54) is 12.5 Å². The maximum absolute atomic E-state index is 12.0. The van der Waals surface area contributed by atoms with Crippen molar-refractivity contribution in [3.8, 4) is 0 Å². The summed E-state index contributed by atoms with van der Waals surface area (Å²) >= 11 is 0. The summed E-state index contributed by atoms with van der Waals surface area (Å²) < 4.78 is 4.85. The van der Waals surface area contributed by atoms with Crippen molar-refractivity contribution in [2.75, 3.05) is 13.1 Å². The summed E-state index contributed by atoms with van der Waals surface area (Å²) in [6, 6.07) is 1.56. The number of carboxylic acid groups (broad SMARTS) is 1. The molecule has 6 nitrogen and oxygen atoms in total. The maximum Gasteiger partial charge on any atom is 0.305 e. The molecule has 1 aromatic heterocycles. The topological polar surface area (TPSA) is 91.6 Å². The van der Waals surface area contributed by atoms with Gasteiger partial charge in [-0.1, -0.05) is 0 Å². The minimum Gasteiger partial charge on any atom is -0.481 e. The number of hydrogen-bond donors (Lipinski definition) is 3. The van der Waals surface area contributed by atoms with E-state index >= 15 is 0 Å². The van der Waals surface area contributed by atoms with Gasteiger partial charge in [-0.2, -0.15) is 0 Å². The SMILES string of the molecule is O=C(O)CC1(NC(=O)c2ccoc2)CCNCC1. The number of piperidine rings is 1. The lowest BCUT2D eigenvalue weighted by molar-refractivity contribution is -0.138. The van der Waals surface area contributed by atoms with E-state index in [0.717, 1.165) is 0 Å². The quantitative estimate of drug-likeness (QED) is 0.730. The van der Waals surface area contributed by atoms with Crippen LogP contribution in [0.3, 0.4) is 0 Å². The fraction of sp³-hybridized carbons (Fsp3) is 0.500. The second-order valence-corrected chi connectivity index (χ2v) is 4.57. The van der Waals surface area contributed by atoms with Crippen LogP contribution in [0.2, 0.25) is 0 Å². The lowest BCUT2D eigenvalue weighted by Crippen LogP contribution is -2.55. The van der Waals surface area contributed by atoms with E-state index in [0.29, 0.717) is 31.5 Å². The van der Waals surface area contributed by atoms with E-state index in [4.69, 9.17) is 9.52 Å². The van der Waals surface area contributed by atoms with Crippen molar-refractivity contribution >= 4 is 11.9 Å². The molecule has 2 heterocycles. The van der Waals surface area contributed by atoms with E-state index in [1.54, 1.807) is 6.07 Å². The third-order valence-electron chi connectivity index (χ3n) is 3.21. The number of carboxylic acids is 1. The molecule has 0 aromatic carbocycles. The highest BCUT2D eigenvalue weighted by molar-refractivity contribution is 5.94. The van der Waals surface area contributed by atoms with E-state index in [9.17, 15) is 9.59 Å². The Balaban J connectivity index is 2.09. The second kappa shape index (κ2) is 5.22. The Hall–Kier alpha value is -1.82.